The minimum Gasteiger partial charge on any atom is -0.351 e. The molecule has 1 N–H and O–H groups in total. The third-order valence-corrected chi connectivity index (χ3v) is 4.98. The molecule has 2 aromatic carbocycles. The predicted molar refractivity (Wildman–Crippen MR) is 115 cm³/mol. The van der Waals surface area contributed by atoms with Gasteiger partial charge in [0.1, 0.15) is 0 Å². The van der Waals surface area contributed by atoms with Crippen molar-refractivity contribution in [2.45, 2.75) is 45.3 Å². The third kappa shape index (κ3) is 5.01. The predicted octanol–water partition coefficient (Wildman–Crippen LogP) is 4.56. The molecule has 28 heavy (non-hydrogen) atoms. The lowest BCUT2D eigenvalue weighted by molar-refractivity contribution is -0.119. The highest BCUT2D eigenvalue weighted by Crippen LogP contribution is 2.28. The first kappa shape index (κ1) is 20.1. The van der Waals surface area contributed by atoms with Crippen LogP contribution in [0.4, 0.5) is 0 Å². The minimum atomic E-state index is -0.255. The molecule has 5 nitrogen and oxygen atoms in total. The first-order valence-corrected chi connectivity index (χ1v) is 10.2. The van der Waals surface area contributed by atoms with E-state index < -0.39 is 0 Å². The molecule has 0 atom stereocenters. The largest absolute Gasteiger partial charge is 0.351 e. The maximum absolute atomic E-state index is 12.3. The molecule has 0 radical (unpaired) electrons. The molecule has 0 fully saturated rings. The third-order valence-electron chi connectivity index (χ3n) is 4.05. The fourth-order valence-corrected chi connectivity index (χ4v) is 3.60. The number of benzene rings is 2. The molecule has 1 heterocycles. The van der Waals surface area contributed by atoms with E-state index in [1.807, 2.05) is 37.5 Å². The quantitative estimate of drug-likeness (QED) is 0.645. The number of aromatic nitrogens is 3. The number of rotatable bonds is 5. The van der Waals surface area contributed by atoms with Gasteiger partial charge in [0, 0.05) is 16.8 Å². The van der Waals surface area contributed by atoms with E-state index >= 15 is 0 Å². The second-order valence-electron chi connectivity index (χ2n) is 7.93. The number of hydrogen-bond acceptors (Lipinski definition) is 4. The molecule has 0 aliphatic carbocycles. The molecule has 0 saturated heterocycles. The molecule has 1 amide bonds. The van der Waals surface area contributed by atoms with Crippen molar-refractivity contribution in [3.05, 3.63) is 59.7 Å². The van der Waals surface area contributed by atoms with Crippen LogP contribution in [0.15, 0.2) is 53.7 Å². The molecular weight excluding hydrogens is 368 g/mol. The summed E-state index contributed by atoms with van der Waals surface area (Å²) >= 11 is 1.39. The van der Waals surface area contributed by atoms with Crippen molar-refractivity contribution in [1.29, 1.82) is 0 Å². The van der Waals surface area contributed by atoms with Crippen LogP contribution in [-0.2, 0) is 4.79 Å². The zero-order valence-corrected chi connectivity index (χ0v) is 17.8. The maximum atomic E-state index is 12.3. The summed E-state index contributed by atoms with van der Waals surface area (Å²) in [5.74, 6) is 1.04. The van der Waals surface area contributed by atoms with Crippen LogP contribution in [0.1, 0.15) is 31.9 Å². The number of amides is 1. The van der Waals surface area contributed by atoms with Crippen LogP contribution < -0.4 is 5.32 Å². The Morgan fingerprint density at radius 1 is 1.04 bits per heavy atom. The van der Waals surface area contributed by atoms with E-state index in [1.54, 1.807) is 0 Å². The molecule has 3 aromatic rings. The molecule has 0 aliphatic rings. The average Bonchev–Trinajstić information content (AvgIpc) is 3.03. The van der Waals surface area contributed by atoms with Gasteiger partial charge in [-0.15, -0.1) is 10.2 Å². The molecule has 3 rings (SSSR count). The molecular formula is C22H26N4OS. The van der Waals surface area contributed by atoms with E-state index in [4.69, 9.17) is 0 Å². The summed E-state index contributed by atoms with van der Waals surface area (Å²) in [5, 5.41) is 12.5. The van der Waals surface area contributed by atoms with Gasteiger partial charge in [0.15, 0.2) is 11.0 Å². The lowest BCUT2D eigenvalue weighted by Crippen LogP contribution is -2.41. The van der Waals surface area contributed by atoms with Crippen molar-refractivity contribution in [3.63, 3.8) is 0 Å². The van der Waals surface area contributed by atoms with E-state index in [0.29, 0.717) is 5.16 Å². The van der Waals surface area contributed by atoms with Crippen LogP contribution in [0.3, 0.4) is 0 Å². The summed E-state index contributed by atoms with van der Waals surface area (Å²) in [7, 11) is 0. The summed E-state index contributed by atoms with van der Waals surface area (Å²) in [6.07, 6.45) is 0. The van der Waals surface area contributed by atoms with Crippen LogP contribution in [0.2, 0.25) is 0 Å². The molecule has 146 valence electrons. The standard InChI is InChI=1S/C22H26N4OS/c1-15-9-11-18(12-10-15)26-20(17-8-6-7-16(2)13-17)24-25-21(26)28-14-19(27)23-22(3,4)5/h6-13H,14H2,1-5H3,(H,23,27). The van der Waals surface area contributed by atoms with Crippen molar-refractivity contribution < 1.29 is 4.79 Å². The van der Waals surface area contributed by atoms with Crippen molar-refractivity contribution in [3.8, 4) is 17.1 Å². The van der Waals surface area contributed by atoms with Crippen molar-refractivity contribution in [2.24, 2.45) is 0 Å². The summed E-state index contributed by atoms with van der Waals surface area (Å²) in [4.78, 5) is 12.3. The molecule has 0 saturated carbocycles. The van der Waals surface area contributed by atoms with E-state index in [-0.39, 0.29) is 17.2 Å². The molecule has 6 heteroatoms. The Balaban J connectivity index is 1.96. The summed E-state index contributed by atoms with van der Waals surface area (Å²) in [5.41, 5.74) is 4.07. The highest BCUT2D eigenvalue weighted by atomic mass is 32.2. The number of aryl methyl sites for hydroxylation is 2. The zero-order valence-electron chi connectivity index (χ0n) is 17.0. The highest BCUT2D eigenvalue weighted by Gasteiger charge is 2.19. The van der Waals surface area contributed by atoms with Crippen LogP contribution in [-0.4, -0.2) is 32.0 Å². The van der Waals surface area contributed by atoms with Crippen molar-refractivity contribution in [2.75, 3.05) is 5.75 Å². The lowest BCUT2D eigenvalue weighted by Gasteiger charge is -2.20. The maximum Gasteiger partial charge on any atom is 0.230 e. The van der Waals surface area contributed by atoms with Gasteiger partial charge in [-0.05, 0) is 52.8 Å². The number of nitrogens with zero attached hydrogens (tertiary/aromatic N) is 3. The monoisotopic (exact) mass is 394 g/mol. The first-order chi connectivity index (χ1) is 13.2. The Labute approximate surface area is 170 Å². The molecule has 0 bridgehead atoms. The number of carbonyl (C=O) groups excluding carboxylic acids is 1. The Kier molecular flexibility index (Phi) is 5.89. The Morgan fingerprint density at radius 2 is 1.75 bits per heavy atom. The fourth-order valence-electron chi connectivity index (χ4n) is 2.85. The van der Waals surface area contributed by atoms with Gasteiger partial charge in [-0.3, -0.25) is 9.36 Å². The smallest absolute Gasteiger partial charge is 0.230 e. The zero-order chi connectivity index (χ0) is 20.3. The number of hydrogen-bond donors (Lipinski definition) is 1. The fraction of sp³-hybridized carbons (Fsp3) is 0.318. The van der Waals surface area contributed by atoms with Crippen LogP contribution >= 0.6 is 11.8 Å². The van der Waals surface area contributed by atoms with E-state index in [9.17, 15) is 4.79 Å². The molecule has 0 unspecified atom stereocenters. The first-order valence-electron chi connectivity index (χ1n) is 9.26. The highest BCUT2D eigenvalue weighted by molar-refractivity contribution is 7.99. The SMILES string of the molecule is Cc1ccc(-n2c(SCC(=O)NC(C)(C)C)nnc2-c2cccc(C)c2)cc1. The normalized spacial score (nSPS) is 11.5. The molecule has 1 aromatic heterocycles. The van der Waals surface area contributed by atoms with Gasteiger partial charge in [-0.25, -0.2) is 0 Å². The van der Waals surface area contributed by atoms with Crippen LogP contribution in [0.25, 0.3) is 17.1 Å². The van der Waals surface area contributed by atoms with Crippen molar-refractivity contribution in [1.82, 2.24) is 20.1 Å². The second kappa shape index (κ2) is 8.19. The molecule has 0 aliphatic heterocycles. The lowest BCUT2D eigenvalue weighted by atomic mass is 10.1. The van der Waals surface area contributed by atoms with E-state index in [0.717, 1.165) is 22.6 Å². The Hall–Kier alpha value is -2.60. The van der Waals surface area contributed by atoms with Gasteiger partial charge in [-0.2, -0.15) is 0 Å². The van der Waals surface area contributed by atoms with Gasteiger partial charge >= 0.3 is 0 Å². The molecule has 0 spiro atoms. The number of carbonyl (C=O) groups is 1. The summed E-state index contributed by atoms with van der Waals surface area (Å²) in [6.45, 7) is 10.0. The van der Waals surface area contributed by atoms with Gasteiger partial charge in [-0.1, -0.05) is 53.2 Å². The average molecular weight is 395 g/mol. The van der Waals surface area contributed by atoms with Gasteiger partial charge in [0.05, 0.1) is 5.75 Å². The van der Waals surface area contributed by atoms with Gasteiger partial charge in [0.2, 0.25) is 5.91 Å². The minimum absolute atomic E-state index is 0.0203. The van der Waals surface area contributed by atoms with Crippen LogP contribution in [0.5, 0.6) is 0 Å². The summed E-state index contributed by atoms with van der Waals surface area (Å²) in [6, 6.07) is 16.4. The van der Waals surface area contributed by atoms with Gasteiger partial charge < -0.3 is 5.32 Å². The number of thioether (sulfide) groups is 1. The Bertz CT molecular complexity index is 971. The topological polar surface area (TPSA) is 59.8 Å². The van der Waals surface area contributed by atoms with Crippen LogP contribution in [0, 0.1) is 13.8 Å². The van der Waals surface area contributed by atoms with E-state index in [1.165, 1.54) is 17.3 Å². The number of nitrogens with one attached hydrogen (secondary N) is 1. The Morgan fingerprint density at radius 3 is 2.39 bits per heavy atom. The van der Waals surface area contributed by atoms with Gasteiger partial charge in [0.25, 0.3) is 0 Å². The second-order valence-corrected chi connectivity index (χ2v) is 8.88. The van der Waals surface area contributed by atoms with Crippen molar-refractivity contribution >= 4 is 17.7 Å². The van der Waals surface area contributed by atoms with E-state index in [2.05, 4.69) is 65.8 Å². The summed E-state index contributed by atoms with van der Waals surface area (Å²) < 4.78 is 2.02.